The summed E-state index contributed by atoms with van der Waals surface area (Å²) in [5, 5.41) is 11.1. The van der Waals surface area contributed by atoms with Crippen LogP contribution in [0.2, 0.25) is 0 Å². The first kappa shape index (κ1) is 20.0. The van der Waals surface area contributed by atoms with E-state index in [9.17, 15) is 27.1 Å². The molecule has 10 heteroatoms. The molecule has 0 radical (unpaired) electrons. The van der Waals surface area contributed by atoms with Crippen LogP contribution >= 0.6 is 0 Å². The van der Waals surface area contributed by atoms with E-state index in [-0.39, 0.29) is 46.7 Å². The van der Waals surface area contributed by atoms with Crippen molar-refractivity contribution < 1.29 is 27.1 Å². The number of fused-ring (bicyclic) bond motifs is 2. The van der Waals surface area contributed by atoms with Gasteiger partial charge in [-0.1, -0.05) is 0 Å². The summed E-state index contributed by atoms with van der Waals surface area (Å²) in [6.07, 6.45) is 2.43. The van der Waals surface area contributed by atoms with Crippen LogP contribution in [-0.4, -0.2) is 42.6 Å². The number of sulfonamides is 1. The van der Waals surface area contributed by atoms with E-state index in [2.05, 4.69) is 4.98 Å². The average molecular weight is 433 g/mol. The number of nitrogens with zero attached hydrogens (tertiary/aromatic N) is 3. The molecule has 1 aliphatic rings. The van der Waals surface area contributed by atoms with Crippen LogP contribution in [0.4, 0.5) is 14.5 Å². The lowest BCUT2D eigenvalue weighted by Gasteiger charge is -2.22. The molecular formula is C20H17F2N3O4S. The Morgan fingerprint density at radius 2 is 2.00 bits per heavy atom. The molecule has 0 spiro atoms. The summed E-state index contributed by atoms with van der Waals surface area (Å²) >= 11 is 0. The van der Waals surface area contributed by atoms with E-state index in [1.54, 1.807) is 12.1 Å². The highest BCUT2D eigenvalue weighted by atomic mass is 32.2. The molecule has 0 atom stereocenters. The molecule has 30 heavy (non-hydrogen) atoms. The number of amides is 1. The zero-order valence-corrected chi connectivity index (χ0v) is 16.9. The third-order valence-corrected chi connectivity index (χ3v) is 6.32. The molecule has 0 saturated heterocycles. The molecule has 3 aromatic rings. The van der Waals surface area contributed by atoms with Gasteiger partial charge in [-0.3, -0.25) is 14.1 Å². The number of benzene rings is 2. The van der Waals surface area contributed by atoms with Crippen LogP contribution in [0.3, 0.4) is 0 Å². The van der Waals surface area contributed by atoms with Crippen molar-refractivity contribution in [2.24, 2.45) is 0 Å². The summed E-state index contributed by atoms with van der Waals surface area (Å²) in [6.45, 7) is -0.333. The Bertz CT molecular complexity index is 1310. The molecule has 1 amide bonds. The standard InChI is InChI=1S/C20H17F2N3O4S/c1-24(30(2,28)29)18-13-4-3-7-23-17(13)19(26)16-14(18)10-25(20(16)27)9-11-8-12(21)5-6-15(11)22/h3-8,26H,9-10H2,1-2H3. The van der Waals surface area contributed by atoms with Crippen molar-refractivity contribution in [3.8, 4) is 5.75 Å². The normalized spacial score (nSPS) is 13.7. The van der Waals surface area contributed by atoms with Gasteiger partial charge in [0, 0.05) is 42.8 Å². The van der Waals surface area contributed by atoms with Gasteiger partial charge < -0.3 is 10.0 Å². The van der Waals surface area contributed by atoms with E-state index in [1.807, 2.05) is 0 Å². The molecule has 0 unspecified atom stereocenters. The second-order valence-corrected chi connectivity index (χ2v) is 9.09. The van der Waals surface area contributed by atoms with Crippen LogP contribution in [-0.2, 0) is 23.1 Å². The van der Waals surface area contributed by atoms with Gasteiger partial charge in [-0.05, 0) is 30.3 Å². The van der Waals surface area contributed by atoms with Gasteiger partial charge in [0.05, 0.1) is 17.5 Å². The van der Waals surface area contributed by atoms with Crippen LogP contribution in [0.25, 0.3) is 10.9 Å². The molecule has 0 aliphatic carbocycles. The fraction of sp³-hybridized carbons (Fsp3) is 0.200. The summed E-state index contributed by atoms with van der Waals surface area (Å²) in [6, 6.07) is 6.12. The van der Waals surface area contributed by atoms with E-state index >= 15 is 0 Å². The number of aromatic nitrogens is 1. The van der Waals surface area contributed by atoms with Crippen molar-refractivity contribution in [2.45, 2.75) is 13.1 Å². The molecule has 2 heterocycles. The maximum absolute atomic E-state index is 14.1. The third-order valence-electron chi connectivity index (χ3n) is 5.14. The smallest absolute Gasteiger partial charge is 0.258 e. The van der Waals surface area contributed by atoms with E-state index < -0.39 is 27.6 Å². The Balaban J connectivity index is 1.90. The molecule has 0 saturated carbocycles. The Hall–Kier alpha value is -3.27. The minimum atomic E-state index is -3.70. The molecule has 1 aliphatic heterocycles. The number of hydrogen-bond acceptors (Lipinski definition) is 5. The van der Waals surface area contributed by atoms with Crippen LogP contribution in [0.1, 0.15) is 21.5 Å². The Labute approximate surface area is 171 Å². The number of hydrogen-bond donors (Lipinski definition) is 1. The second kappa shape index (κ2) is 6.91. The second-order valence-electron chi connectivity index (χ2n) is 7.08. The van der Waals surface area contributed by atoms with Gasteiger partial charge >= 0.3 is 0 Å². The number of phenols is 1. The number of phenolic OH excluding ortho intramolecular Hbond substituents is 1. The predicted octanol–water partition coefficient (Wildman–Crippen LogP) is 2.77. The van der Waals surface area contributed by atoms with E-state index in [1.165, 1.54) is 18.1 Å². The number of rotatable bonds is 4. The quantitative estimate of drug-likeness (QED) is 0.683. The zero-order chi connectivity index (χ0) is 21.8. The molecule has 7 nitrogen and oxygen atoms in total. The molecule has 0 bridgehead atoms. The Morgan fingerprint density at radius 1 is 1.27 bits per heavy atom. The lowest BCUT2D eigenvalue weighted by molar-refractivity contribution is 0.0763. The van der Waals surface area contributed by atoms with Gasteiger partial charge in [-0.25, -0.2) is 17.2 Å². The van der Waals surface area contributed by atoms with Crippen LogP contribution in [0, 0.1) is 11.6 Å². The summed E-state index contributed by atoms with van der Waals surface area (Å²) < 4.78 is 53.2. The number of anilines is 1. The van der Waals surface area contributed by atoms with Gasteiger partial charge in [0.15, 0.2) is 5.75 Å². The molecule has 0 fully saturated rings. The molecule has 1 N–H and O–H groups in total. The zero-order valence-electron chi connectivity index (χ0n) is 16.1. The minimum absolute atomic E-state index is 0.0312. The Kier molecular flexibility index (Phi) is 4.61. The lowest BCUT2D eigenvalue weighted by atomic mass is 10.0. The number of pyridine rings is 1. The topological polar surface area (TPSA) is 90.8 Å². The monoisotopic (exact) mass is 433 g/mol. The number of aromatic hydroxyl groups is 1. The Morgan fingerprint density at radius 3 is 2.70 bits per heavy atom. The van der Waals surface area contributed by atoms with Crippen molar-refractivity contribution in [3.63, 3.8) is 0 Å². The van der Waals surface area contributed by atoms with Crippen molar-refractivity contribution in [1.82, 2.24) is 9.88 Å². The first-order valence-electron chi connectivity index (χ1n) is 8.89. The van der Waals surface area contributed by atoms with E-state index in [0.717, 1.165) is 28.8 Å². The molecule has 156 valence electrons. The van der Waals surface area contributed by atoms with Crippen molar-refractivity contribution in [1.29, 1.82) is 0 Å². The van der Waals surface area contributed by atoms with Crippen LogP contribution < -0.4 is 4.31 Å². The molecule has 1 aromatic heterocycles. The predicted molar refractivity (Wildman–Crippen MR) is 107 cm³/mol. The summed E-state index contributed by atoms with van der Waals surface area (Å²) in [4.78, 5) is 18.4. The van der Waals surface area contributed by atoms with Crippen LogP contribution in [0.5, 0.6) is 5.75 Å². The van der Waals surface area contributed by atoms with Crippen molar-refractivity contribution >= 4 is 32.5 Å². The molecule has 2 aromatic carbocycles. The van der Waals surface area contributed by atoms with Crippen molar-refractivity contribution in [3.05, 3.63) is 64.9 Å². The van der Waals surface area contributed by atoms with Gasteiger partial charge in [-0.15, -0.1) is 0 Å². The van der Waals surface area contributed by atoms with E-state index in [4.69, 9.17) is 0 Å². The molecule has 4 rings (SSSR count). The fourth-order valence-corrected chi connectivity index (χ4v) is 4.20. The maximum atomic E-state index is 14.1. The van der Waals surface area contributed by atoms with Gasteiger partial charge in [0.2, 0.25) is 10.0 Å². The SMILES string of the molecule is CN(c1c2c(c(O)c3ncccc13)C(=O)N(Cc1cc(F)ccc1F)C2)S(C)(=O)=O. The third kappa shape index (κ3) is 3.13. The first-order valence-corrected chi connectivity index (χ1v) is 10.7. The average Bonchev–Trinajstić information content (AvgIpc) is 3.00. The highest BCUT2D eigenvalue weighted by molar-refractivity contribution is 7.92. The number of carbonyl (C=O) groups excluding carboxylic acids is 1. The molecular weight excluding hydrogens is 416 g/mol. The van der Waals surface area contributed by atoms with E-state index in [0.29, 0.717) is 5.39 Å². The summed E-state index contributed by atoms with van der Waals surface area (Å²) in [7, 11) is -2.36. The maximum Gasteiger partial charge on any atom is 0.258 e. The highest BCUT2D eigenvalue weighted by Crippen LogP contribution is 2.44. The summed E-state index contributed by atoms with van der Waals surface area (Å²) in [5.74, 6) is -2.32. The largest absolute Gasteiger partial charge is 0.505 e. The van der Waals surface area contributed by atoms with Crippen molar-refractivity contribution in [2.75, 3.05) is 17.6 Å². The number of halogens is 2. The first-order chi connectivity index (χ1) is 14.1. The van der Waals surface area contributed by atoms with Crippen LogP contribution in [0.15, 0.2) is 36.5 Å². The summed E-state index contributed by atoms with van der Waals surface area (Å²) in [5.41, 5.74) is 0.445. The van der Waals surface area contributed by atoms with Gasteiger partial charge in [-0.2, -0.15) is 0 Å². The lowest BCUT2D eigenvalue weighted by Crippen LogP contribution is -2.26. The highest BCUT2D eigenvalue weighted by Gasteiger charge is 2.37. The minimum Gasteiger partial charge on any atom is -0.505 e. The van der Waals surface area contributed by atoms with Gasteiger partial charge in [0.1, 0.15) is 17.2 Å². The van der Waals surface area contributed by atoms with Gasteiger partial charge in [0.25, 0.3) is 5.91 Å². The fourth-order valence-electron chi connectivity index (χ4n) is 3.66. The number of carbonyl (C=O) groups is 1.